The lowest BCUT2D eigenvalue weighted by Gasteiger charge is -2.27. The van der Waals surface area contributed by atoms with E-state index in [1.54, 1.807) is 13.0 Å². The van der Waals surface area contributed by atoms with Gasteiger partial charge in [-0.25, -0.2) is 4.39 Å². The Bertz CT molecular complexity index is 1010. The highest BCUT2D eigenvalue weighted by Gasteiger charge is 2.24. The molecule has 0 bridgehead atoms. The number of aryl methyl sites for hydroxylation is 1. The van der Waals surface area contributed by atoms with Gasteiger partial charge in [-0.1, -0.05) is 0 Å². The number of morpholine rings is 1. The van der Waals surface area contributed by atoms with Crippen molar-refractivity contribution in [3.8, 4) is 6.01 Å². The molecule has 1 aliphatic heterocycles. The van der Waals surface area contributed by atoms with Crippen LogP contribution < -0.4 is 15.0 Å². The number of aliphatic hydroxyl groups is 1. The lowest BCUT2D eigenvalue weighted by Crippen LogP contribution is -2.37. The first kappa shape index (κ1) is 20.9. The van der Waals surface area contributed by atoms with Gasteiger partial charge in [0.1, 0.15) is 5.82 Å². The summed E-state index contributed by atoms with van der Waals surface area (Å²) in [6.07, 6.45) is -0.791. The highest BCUT2D eigenvalue weighted by Crippen LogP contribution is 2.25. The summed E-state index contributed by atoms with van der Waals surface area (Å²) in [6, 6.07) is 4.49. The number of ether oxygens (including phenoxy) is 2. The Balaban J connectivity index is 1.65. The van der Waals surface area contributed by atoms with Crippen LogP contribution in [0.1, 0.15) is 24.4 Å². The third-order valence-electron chi connectivity index (χ3n) is 4.56. The Kier molecular flexibility index (Phi) is 6.18. The molecule has 0 spiro atoms. The summed E-state index contributed by atoms with van der Waals surface area (Å²) in [4.78, 5) is 19.2. The summed E-state index contributed by atoms with van der Waals surface area (Å²) < 4.78 is 24.6. The summed E-state index contributed by atoms with van der Waals surface area (Å²) in [6.45, 7) is 5.76. The molecule has 0 amide bonds. The van der Waals surface area contributed by atoms with Gasteiger partial charge in [0, 0.05) is 24.8 Å². The molecule has 1 unspecified atom stereocenters. The van der Waals surface area contributed by atoms with Crippen molar-refractivity contribution < 1.29 is 19.0 Å². The Hall–Kier alpha value is -3.38. The number of aromatic nitrogens is 6. The van der Waals surface area contributed by atoms with Crippen molar-refractivity contribution in [1.82, 2.24) is 30.1 Å². The standard InChI is InChI=1S/C19H23FN8O3/c1-11-9-15(27-26-11)22-17-23-18(28-5-7-30-8-6-28)25-19(24-17)31-16(12(2)29)14-4-3-13(20)10-21-14/h3-4,9-10,12,16,29H,5-8H2,1-2H3,(H2,22,23,24,25,26,27)/t12-,16?/m0/s1. The van der Waals surface area contributed by atoms with E-state index in [0.29, 0.717) is 43.8 Å². The molecule has 164 valence electrons. The number of aliphatic hydroxyl groups excluding tert-OH is 1. The molecule has 3 aromatic heterocycles. The second-order valence-corrected chi connectivity index (χ2v) is 7.08. The zero-order valence-electron chi connectivity index (χ0n) is 17.1. The van der Waals surface area contributed by atoms with Crippen LogP contribution >= 0.6 is 0 Å². The van der Waals surface area contributed by atoms with E-state index in [4.69, 9.17) is 9.47 Å². The minimum atomic E-state index is -0.952. The number of rotatable bonds is 7. The SMILES string of the molecule is Cc1cc(Nc2nc(OC(c3ccc(F)cn3)[C@H](C)O)nc(N3CCOCC3)n2)n[nH]1. The molecular weight excluding hydrogens is 407 g/mol. The zero-order valence-corrected chi connectivity index (χ0v) is 17.1. The number of pyridine rings is 1. The van der Waals surface area contributed by atoms with Crippen LogP contribution in [0.4, 0.5) is 22.1 Å². The van der Waals surface area contributed by atoms with Gasteiger partial charge in [0.25, 0.3) is 0 Å². The molecule has 2 atom stereocenters. The van der Waals surface area contributed by atoms with E-state index in [9.17, 15) is 9.50 Å². The van der Waals surface area contributed by atoms with Gasteiger partial charge in [0.05, 0.1) is 31.2 Å². The van der Waals surface area contributed by atoms with Crippen molar-refractivity contribution in [3.63, 3.8) is 0 Å². The van der Waals surface area contributed by atoms with Gasteiger partial charge in [-0.05, 0) is 26.0 Å². The van der Waals surface area contributed by atoms with Crippen molar-refractivity contribution in [2.24, 2.45) is 0 Å². The molecule has 4 heterocycles. The van der Waals surface area contributed by atoms with E-state index >= 15 is 0 Å². The molecule has 3 N–H and O–H groups in total. The summed E-state index contributed by atoms with van der Waals surface area (Å²) in [7, 11) is 0. The van der Waals surface area contributed by atoms with E-state index in [1.807, 2.05) is 11.8 Å². The van der Waals surface area contributed by atoms with Gasteiger partial charge in [-0.15, -0.1) is 0 Å². The summed E-state index contributed by atoms with van der Waals surface area (Å²) in [5, 5.41) is 20.2. The fourth-order valence-electron chi connectivity index (χ4n) is 3.03. The van der Waals surface area contributed by atoms with Crippen LogP contribution in [0.15, 0.2) is 24.4 Å². The molecule has 4 rings (SSSR count). The fraction of sp³-hybridized carbons (Fsp3) is 0.421. The lowest BCUT2D eigenvalue weighted by molar-refractivity contribution is 0.0389. The summed E-state index contributed by atoms with van der Waals surface area (Å²) in [5.74, 6) is 0.687. The predicted molar refractivity (Wildman–Crippen MR) is 109 cm³/mol. The monoisotopic (exact) mass is 430 g/mol. The van der Waals surface area contributed by atoms with Crippen molar-refractivity contribution in [1.29, 1.82) is 0 Å². The number of H-pyrrole nitrogens is 1. The van der Waals surface area contributed by atoms with Crippen molar-refractivity contribution in [2.75, 3.05) is 36.5 Å². The lowest BCUT2D eigenvalue weighted by atomic mass is 10.1. The Labute approximate surface area is 177 Å². The number of nitrogens with zero attached hydrogens (tertiary/aromatic N) is 6. The van der Waals surface area contributed by atoms with Gasteiger partial charge in [-0.2, -0.15) is 20.1 Å². The van der Waals surface area contributed by atoms with E-state index in [2.05, 4.69) is 35.5 Å². The second-order valence-electron chi connectivity index (χ2n) is 7.08. The summed E-state index contributed by atoms with van der Waals surface area (Å²) in [5.41, 5.74) is 1.22. The average molecular weight is 430 g/mol. The molecule has 3 aromatic rings. The average Bonchev–Trinajstić information content (AvgIpc) is 3.17. The number of aromatic amines is 1. The molecule has 11 nitrogen and oxygen atoms in total. The van der Waals surface area contributed by atoms with Crippen LogP contribution in [0.3, 0.4) is 0 Å². The molecule has 31 heavy (non-hydrogen) atoms. The van der Waals surface area contributed by atoms with Crippen LogP contribution in [0.25, 0.3) is 0 Å². The first-order valence-corrected chi connectivity index (χ1v) is 9.82. The van der Waals surface area contributed by atoms with Crippen molar-refractivity contribution >= 4 is 17.7 Å². The smallest absolute Gasteiger partial charge is 0.323 e. The molecule has 0 aliphatic carbocycles. The van der Waals surface area contributed by atoms with Gasteiger partial charge in [0.15, 0.2) is 11.9 Å². The van der Waals surface area contributed by atoms with Crippen LogP contribution in [0.2, 0.25) is 0 Å². The van der Waals surface area contributed by atoms with E-state index in [0.717, 1.165) is 11.9 Å². The number of anilines is 3. The largest absolute Gasteiger partial charge is 0.451 e. The van der Waals surface area contributed by atoms with Gasteiger partial charge in [-0.3, -0.25) is 10.1 Å². The van der Waals surface area contributed by atoms with Gasteiger partial charge < -0.3 is 24.8 Å². The van der Waals surface area contributed by atoms with E-state index in [-0.39, 0.29) is 12.0 Å². The minimum Gasteiger partial charge on any atom is -0.451 e. The Morgan fingerprint density at radius 2 is 2.06 bits per heavy atom. The van der Waals surface area contributed by atoms with E-state index < -0.39 is 18.0 Å². The number of nitrogens with one attached hydrogen (secondary N) is 2. The maximum absolute atomic E-state index is 13.3. The highest BCUT2D eigenvalue weighted by atomic mass is 19.1. The van der Waals surface area contributed by atoms with E-state index in [1.165, 1.54) is 12.1 Å². The third kappa shape index (κ3) is 5.22. The second kappa shape index (κ2) is 9.18. The number of hydrogen-bond donors (Lipinski definition) is 3. The molecule has 0 aromatic carbocycles. The maximum atomic E-state index is 13.3. The topological polar surface area (TPSA) is 134 Å². The first-order chi connectivity index (χ1) is 15.0. The minimum absolute atomic E-state index is 0.0109. The molecular formula is C19H23FN8O3. The normalized spacial score (nSPS) is 16.1. The van der Waals surface area contributed by atoms with Crippen molar-refractivity contribution in [3.05, 3.63) is 41.6 Å². The number of halogens is 1. The molecule has 0 saturated carbocycles. The molecule has 12 heteroatoms. The predicted octanol–water partition coefficient (Wildman–Crippen LogP) is 1.52. The van der Waals surface area contributed by atoms with Crippen LogP contribution in [0, 0.1) is 12.7 Å². The fourth-order valence-corrected chi connectivity index (χ4v) is 3.03. The maximum Gasteiger partial charge on any atom is 0.323 e. The molecule has 1 saturated heterocycles. The third-order valence-corrected chi connectivity index (χ3v) is 4.56. The van der Waals surface area contributed by atoms with Gasteiger partial charge in [0.2, 0.25) is 11.9 Å². The highest BCUT2D eigenvalue weighted by molar-refractivity contribution is 5.50. The number of hydrogen-bond acceptors (Lipinski definition) is 10. The Morgan fingerprint density at radius 1 is 1.26 bits per heavy atom. The van der Waals surface area contributed by atoms with Gasteiger partial charge >= 0.3 is 6.01 Å². The van der Waals surface area contributed by atoms with Crippen LogP contribution in [-0.2, 0) is 4.74 Å². The summed E-state index contributed by atoms with van der Waals surface area (Å²) >= 11 is 0. The Morgan fingerprint density at radius 3 is 2.71 bits per heavy atom. The molecule has 0 radical (unpaired) electrons. The molecule has 1 aliphatic rings. The first-order valence-electron chi connectivity index (χ1n) is 9.82. The zero-order chi connectivity index (χ0) is 21.8. The molecule has 1 fully saturated rings. The quantitative estimate of drug-likeness (QED) is 0.506. The van der Waals surface area contributed by atoms with Crippen LogP contribution in [-0.4, -0.2) is 67.6 Å². The van der Waals surface area contributed by atoms with Crippen molar-refractivity contribution in [2.45, 2.75) is 26.1 Å². The van der Waals surface area contributed by atoms with Crippen LogP contribution in [0.5, 0.6) is 6.01 Å².